The largest absolute Gasteiger partial charge is 0.494 e. The van der Waals surface area contributed by atoms with E-state index in [9.17, 15) is 22.4 Å². The maximum Gasteiger partial charge on any atom is 0.416 e. The highest BCUT2D eigenvalue weighted by molar-refractivity contribution is 9.10. The smallest absolute Gasteiger partial charge is 0.416 e. The van der Waals surface area contributed by atoms with Crippen molar-refractivity contribution in [2.75, 3.05) is 13.2 Å². The fraction of sp³-hybridized carbons (Fsp3) is 0.235. The van der Waals surface area contributed by atoms with Gasteiger partial charge in [-0.05, 0) is 65.2 Å². The predicted molar refractivity (Wildman–Crippen MR) is 167 cm³/mol. The molecule has 1 amide bonds. The minimum absolute atomic E-state index is 0.0109. The number of hydrogen-bond acceptors (Lipinski definition) is 6. The van der Waals surface area contributed by atoms with Crippen molar-refractivity contribution in [3.05, 3.63) is 135 Å². The first-order valence-electron chi connectivity index (χ1n) is 14.4. The zero-order chi connectivity index (χ0) is 32.7. The second-order valence-corrected chi connectivity index (χ2v) is 11.5. The molecule has 1 heterocycles. The van der Waals surface area contributed by atoms with Crippen LogP contribution >= 0.6 is 15.9 Å². The van der Waals surface area contributed by atoms with Crippen molar-refractivity contribution in [1.29, 1.82) is 0 Å². The predicted octanol–water partition coefficient (Wildman–Crippen LogP) is 6.69. The molecule has 240 valence electrons. The fourth-order valence-corrected chi connectivity index (χ4v) is 5.52. The molecule has 46 heavy (non-hydrogen) atoms. The number of nitrogens with zero attached hydrogens (tertiary/aromatic N) is 1. The van der Waals surface area contributed by atoms with Gasteiger partial charge in [-0.3, -0.25) is 10.2 Å². The fourth-order valence-electron chi connectivity index (χ4n) is 5.09. The van der Waals surface area contributed by atoms with Gasteiger partial charge >= 0.3 is 6.18 Å². The van der Waals surface area contributed by atoms with Crippen molar-refractivity contribution in [2.45, 2.75) is 37.2 Å². The number of aliphatic hydroxyl groups is 1. The number of alkyl halides is 3. The highest BCUT2D eigenvalue weighted by Crippen LogP contribution is 2.43. The van der Waals surface area contributed by atoms with Gasteiger partial charge in [0.25, 0.3) is 5.91 Å². The number of carbonyl (C=O) groups is 1. The van der Waals surface area contributed by atoms with Gasteiger partial charge in [0.05, 0.1) is 12.2 Å². The Hall–Kier alpha value is -4.26. The number of aliphatic hydroxyl groups excluding tert-OH is 1. The number of ether oxygens (including phenoxy) is 2. The van der Waals surface area contributed by atoms with Crippen LogP contribution in [0.1, 0.15) is 40.3 Å². The summed E-state index contributed by atoms with van der Waals surface area (Å²) in [5, 5.41) is 9.02. The second-order valence-electron chi connectivity index (χ2n) is 10.6. The van der Waals surface area contributed by atoms with E-state index in [1.54, 1.807) is 24.3 Å². The van der Waals surface area contributed by atoms with E-state index in [0.29, 0.717) is 36.0 Å². The Morgan fingerprint density at radius 3 is 2.41 bits per heavy atom. The zero-order valence-corrected chi connectivity index (χ0v) is 25.9. The normalized spacial score (nSPS) is 17.7. The molecule has 1 aliphatic heterocycles. The summed E-state index contributed by atoms with van der Waals surface area (Å²) >= 11 is 3.57. The van der Waals surface area contributed by atoms with Crippen molar-refractivity contribution in [1.82, 2.24) is 10.9 Å². The van der Waals surface area contributed by atoms with Crippen molar-refractivity contribution in [2.24, 2.45) is 4.99 Å². The first-order chi connectivity index (χ1) is 22.1. The van der Waals surface area contributed by atoms with Crippen molar-refractivity contribution in [3.63, 3.8) is 0 Å². The first-order valence-corrected chi connectivity index (χ1v) is 15.2. The molecule has 0 aromatic heterocycles. The van der Waals surface area contributed by atoms with Crippen LogP contribution in [0.3, 0.4) is 0 Å². The van der Waals surface area contributed by atoms with E-state index in [4.69, 9.17) is 19.6 Å². The lowest BCUT2D eigenvalue weighted by atomic mass is 9.82. The number of halogens is 5. The summed E-state index contributed by atoms with van der Waals surface area (Å²) in [6.45, 7) is 0.0680. The second kappa shape index (κ2) is 14.4. The monoisotopic (exact) mass is 699 g/mol. The zero-order valence-electron chi connectivity index (χ0n) is 24.4. The van der Waals surface area contributed by atoms with Crippen LogP contribution in [-0.2, 0) is 28.7 Å². The molecule has 4 aromatic rings. The highest BCUT2D eigenvalue weighted by Gasteiger charge is 2.53. The number of benzene rings is 4. The van der Waals surface area contributed by atoms with E-state index in [1.165, 1.54) is 0 Å². The number of nitrogens with one attached hydrogen (secondary N) is 2. The molecule has 0 unspecified atom stereocenters. The molecular weight excluding hydrogens is 670 g/mol. The van der Waals surface area contributed by atoms with Crippen molar-refractivity contribution >= 4 is 27.7 Å². The number of amides is 1. The van der Waals surface area contributed by atoms with Gasteiger partial charge in [-0.1, -0.05) is 64.5 Å². The summed E-state index contributed by atoms with van der Waals surface area (Å²) in [7, 11) is 0. The average molecular weight is 701 g/mol. The SMILES string of the molecule is O=C(NNCc1cc(F)cc(C(F)(F)F)c1)[C@@]1(Cc2ccccc2Br)N=C(c2ccc(OCCCO)cc2)O[C@H]1c1ccccc1. The van der Waals surface area contributed by atoms with Crippen molar-refractivity contribution in [3.8, 4) is 5.75 Å². The van der Waals surface area contributed by atoms with Gasteiger partial charge in [-0.2, -0.15) is 13.2 Å². The van der Waals surface area contributed by atoms with Crippen LogP contribution in [0.4, 0.5) is 17.6 Å². The molecule has 2 atom stereocenters. The van der Waals surface area contributed by atoms with E-state index in [1.807, 2.05) is 54.6 Å². The number of hydrazine groups is 1. The Balaban J connectivity index is 1.49. The summed E-state index contributed by atoms with van der Waals surface area (Å²) < 4.78 is 66.6. The lowest BCUT2D eigenvalue weighted by Gasteiger charge is -2.31. The molecule has 7 nitrogen and oxygen atoms in total. The van der Waals surface area contributed by atoms with E-state index in [2.05, 4.69) is 26.8 Å². The van der Waals surface area contributed by atoms with Gasteiger partial charge in [0.1, 0.15) is 11.6 Å². The van der Waals surface area contributed by atoms with E-state index in [-0.39, 0.29) is 31.0 Å². The summed E-state index contributed by atoms with van der Waals surface area (Å²) in [6.07, 6.45) is -5.05. The van der Waals surface area contributed by atoms with Gasteiger partial charge in [-0.25, -0.2) is 14.8 Å². The summed E-state index contributed by atoms with van der Waals surface area (Å²) in [5.41, 5.74) is 4.57. The van der Waals surface area contributed by atoms with Gasteiger partial charge in [0.2, 0.25) is 5.90 Å². The first kappa shape index (κ1) is 33.1. The Kier molecular flexibility index (Phi) is 10.4. The van der Waals surface area contributed by atoms with Gasteiger partial charge < -0.3 is 14.6 Å². The molecule has 0 spiro atoms. The topological polar surface area (TPSA) is 92.2 Å². The van der Waals surface area contributed by atoms with E-state index >= 15 is 0 Å². The summed E-state index contributed by atoms with van der Waals surface area (Å²) in [6, 6.07) is 25.7. The van der Waals surface area contributed by atoms with Gasteiger partial charge in [0, 0.05) is 36.0 Å². The average Bonchev–Trinajstić information content (AvgIpc) is 3.43. The van der Waals surface area contributed by atoms with Gasteiger partial charge in [0.15, 0.2) is 11.6 Å². The maximum atomic E-state index is 14.3. The molecule has 0 aliphatic carbocycles. The molecule has 0 radical (unpaired) electrons. The number of carbonyl (C=O) groups excluding carboxylic acids is 1. The molecule has 0 bridgehead atoms. The molecular formula is C34H30BrF4N3O4. The van der Waals surface area contributed by atoms with Crippen LogP contribution in [0, 0.1) is 5.82 Å². The Labute approximate surface area is 271 Å². The van der Waals surface area contributed by atoms with Crippen LogP contribution < -0.4 is 15.6 Å². The Morgan fingerprint density at radius 1 is 1.00 bits per heavy atom. The third kappa shape index (κ3) is 7.75. The molecule has 12 heteroatoms. The molecule has 3 N–H and O–H groups in total. The van der Waals surface area contributed by atoms with Crippen LogP contribution in [0.15, 0.2) is 107 Å². The maximum absolute atomic E-state index is 14.3. The van der Waals surface area contributed by atoms with Crippen LogP contribution in [-0.4, -0.2) is 35.7 Å². The third-order valence-corrected chi connectivity index (χ3v) is 8.10. The molecule has 0 saturated heterocycles. The van der Waals surface area contributed by atoms with Crippen molar-refractivity contribution < 1.29 is 36.9 Å². The molecule has 4 aromatic carbocycles. The Morgan fingerprint density at radius 2 is 1.72 bits per heavy atom. The van der Waals surface area contributed by atoms with Crippen LogP contribution in [0.2, 0.25) is 0 Å². The summed E-state index contributed by atoms with van der Waals surface area (Å²) in [4.78, 5) is 19.2. The van der Waals surface area contributed by atoms with E-state index in [0.717, 1.165) is 22.2 Å². The quantitative estimate of drug-likeness (QED) is 0.0871. The van der Waals surface area contributed by atoms with E-state index < -0.39 is 35.1 Å². The highest BCUT2D eigenvalue weighted by atomic mass is 79.9. The minimum atomic E-state index is -4.73. The summed E-state index contributed by atoms with van der Waals surface area (Å²) in [5.74, 6) is -0.861. The lowest BCUT2D eigenvalue weighted by Crippen LogP contribution is -2.53. The number of aliphatic imine (C=N–C) groups is 1. The standard InChI is InChI=1S/C34H30BrF4N3O4/c35-29-10-5-4-9-25(29)20-33(32(44)42-40-21-22-17-26(34(37,38)39)19-27(36)18-22)30(23-7-2-1-3-8-23)46-31(41-33)24-11-13-28(14-12-24)45-16-6-15-43/h1-5,7-14,17-19,30,40,43H,6,15-16,20-21H2,(H,42,44)/t30-,33-/m0/s1. The molecule has 1 aliphatic rings. The lowest BCUT2D eigenvalue weighted by molar-refractivity contribution is -0.138. The molecule has 0 saturated carbocycles. The number of rotatable bonds is 12. The minimum Gasteiger partial charge on any atom is -0.494 e. The van der Waals surface area contributed by atoms with Crippen LogP contribution in [0.25, 0.3) is 0 Å². The molecule has 5 rings (SSSR count). The van der Waals surface area contributed by atoms with Gasteiger partial charge in [-0.15, -0.1) is 0 Å². The van der Waals surface area contributed by atoms with Crippen LogP contribution in [0.5, 0.6) is 5.75 Å². The third-order valence-electron chi connectivity index (χ3n) is 7.33. The Bertz CT molecular complexity index is 1690. The number of hydrogen-bond donors (Lipinski definition) is 3. The molecule has 0 fully saturated rings.